The van der Waals surface area contributed by atoms with E-state index in [1.54, 1.807) is 0 Å². The molecule has 28 heavy (non-hydrogen) atoms. The summed E-state index contributed by atoms with van der Waals surface area (Å²) < 4.78 is 98.4. The fourth-order valence-corrected chi connectivity index (χ4v) is 7.90. The first-order chi connectivity index (χ1) is 12.8. The van der Waals surface area contributed by atoms with E-state index in [0.29, 0.717) is 22.3 Å². The van der Waals surface area contributed by atoms with E-state index in [2.05, 4.69) is 0 Å². The Labute approximate surface area is 159 Å². The summed E-state index contributed by atoms with van der Waals surface area (Å²) in [5.41, 5.74) is -20.3. The summed E-state index contributed by atoms with van der Waals surface area (Å²) in [5.74, 6) is -5.82. The predicted octanol–water partition coefficient (Wildman–Crippen LogP) is 5.57. The highest BCUT2D eigenvalue weighted by molar-refractivity contribution is 5.70. The zero-order chi connectivity index (χ0) is 20.4. The van der Waals surface area contributed by atoms with Gasteiger partial charge in [-0.05, 0) is 27.7 Å². The van der Waals surface area contributed by atoms with E-state index in [-0.39, 0.29) is 0 Å². The Morgan fingerprint density at radius 1 is 0.464 bits per heavy atom. The maximum Gasteiger partial charge on any atom is 0.227 e. The van der Waals surface area contributed by atoms with E-state index in [4.69, 9.17) is 0 Å². The Kier molecular flexibility index (Phi) is 2.44. The highest BCUT2D eigenvalue weighted by Gasteiger charge is 3.17. The maximum absolute atomic E-state index is 16.4. The Hall–Kier alpha value is -1.46. The number of halogens is 6. The molecule has 8 atom stereocenters. The molecule has 0 heterocycles. The average molecular weight is 398 g/mol. The summed E-state index contributed by atoms with van der Waals surface area (Å²) in [4.78, 5) is 0. The molecule has 2 fully saturated rings. The first kappa shape index (κ1) is 17.4. The van der Waals surface area contributed by atoms with Crippen molar-refractivity contribution in [2.24, 2.45) is 23.7 Å². The van der Waals surface area contributed by atoms with Crippen molar-refractivity contribution in [1.82, 2.24) is 0 Å². The van der Waals surface area contributed by atoms with Crippen LogP contribution < -0.4 is 0 Å². The van der Waals surface area contributed by atoms with Gasteiger partial charge in [0.2, 0.25) is 11.3 Å². The number of hydrogen-bond donors (Lipinski definition) is 0. The summed E-state index contributed by atoms with van der Waals surface area (Å²) >= 11 is 0. The van der Waals surface area contributed by atoms with Crippen molar-refractivity contribution in [2.75, 3.05) is 0 Å². The number of hydrogen-bond acceptors (Lipinski definition) is 0. The molecule has 4 bridgehead atoms. The summed E-state index contributed by atoms with van der Waals surface area (Å²) in [6.45, 7) is 6.09. The quantitative estimate of drug-likeness (QED) is 0.370. The first-order valence-corrected chi connectivity index (χ1v) is 9.69. The van der Waals surface area contributed by atoms with E-state index in [1.807, 2.05) is 0 Å². The minimum Gasteiger partial charge on any atom is -0.235 e. The standard InChI is InChI=1S/C22H20F6/c1-9-10(2)14-6-5-13(9)17(23)18(14,24)22(28)20(26)16-8-7-15(11(3)12(16)4)19(20,25)21(17,22)27/h5-8,13-16H,1-4H3. The molecule has 8 aliphatic rings. The minimum absolute atomic E-state index is 0.363. The van der Waals surface area contributed by atoms with Crippen molar-refractivity contribution in [1.29, 1.82) is 0 Å². The summed E-state index contributed by atoms with van der Waals surface area (Å²) in [6.07, 6.45) is 5.16. The van der Waals surface area contributed by atoms with Crippen molar-refractivity contribution in [3.8, 4) is 0 Å². The van der Waals surface area contributed by atoms with Gasteiger partial charge in [0.15, 0.2) is 22.7 Å². The Balaban J connectivity index is 1.71. The molecule has 0 saturated heterocycles. The molecule has 0 radical (unpaired) electrons. The second-order valence-electron chi connectivity index (χ2n) is 9.58. The van der Waals surface area contributed by atoms with Crippen LogP contribution >= 0.6 is 0 Å². The molecule has 8 rings (SSSR count). The van der Waals surface area contributed by atoms with Gasteiger partial charge in [-0.2, -0.15) is 0 Å². The number of rotatable bonds is 0. The molecule has 8 aliphatic carbocycles. The minimum atomic E-state index is -3.90. The van der Waals surface area contributed by atoms with Gasteiger partial charge < -0.3 is 0 Å². The Morgan fingerprint density at radius 2 is 0.643 bits per heavy atom. The Bertz CT molecular complexity index is 856. The van der Waals surface area contributed by atoms with Crippen molar-refractivity contribution in [3.05, 3.63) is 46.6 Å². The van der Waals surface area contributed by atoms with E-state index >= 15 is 26.3 Å². The average Bonchev–Trinajstić information content (AvgIpc) is 2.66. The van der Waals surface area contributed by atoms with E-state index < -0.39 is 57.7 Å². The van der Waals surface area contributed by atoms with Crippen LogP contribution in [-0.2, 0) is 0 Å². The lowest BCUT2D eigenvalue weighted by Crippen LogP contribution is -3.13. The van der Waals surface area contributed by atoms with Crippen molar-refractivity contribution in [3.63, 3.8) is 0 Å². The maximum atomic E-state index is 16.4. The van der Waals surface area contributed by atoms with Crippen LogP contribution in [0.3, 0.4) is 0 Å². The monoisotopic (exact) mass is 398 g/mol. The third-order valence-electron chi connectivity index (χ3n) is 9.36. The van der Waals surface area contributed by atoms with Crippen molar-refractivity contribution < 1.29 is 26.3 Å². The molecule has 0 aliphatic heterocycles. The van der Waals surface area contributed by atoms with Gasteiger partial charge in [-0.15, -0.1) is 0 Å². The summed E-state index contributed by atoms with van der Waals surface area (Å²) in [7, 11) is 0. The van der Waals surface area contributed by atoms with Crippen LogP contribution in [0.25, 0.3) is 0 Å². The van der Waals surface area contributed by atoms with Gasteiger partial charge >= 0.3 is 0 Å². The van der Waals surface area contributed by atoms with Crippen LogP contribution in [-0.4, -0.2) is 34.0 Å². The second-order valence-corrected chi connectivity index (χ2v) is 9.58. The number of fused-ring (bicyclic) bond motifs is 1. The molecule has 0 aromatic heterocycles. The zero-order valence-corrected chi connectivity index (χ0v) is 15.9. The third-order valence-corrected chi connectivity index (χ3v) is 9.36. The number of allylic oxidation sites excluding steroid dienone is 8. The SMILES string of the molecule is CC1=C(C)C2C=CC1C1(F)C2(F)C2(F)C3(F)C4C=CC(C(C)=C4C)C3(F)C12F. The molecule has 0 N–H and O–H groups in total. The lowest BCUT2D eigenvalue weighted by molar-refractivity contribution is -0.524. The molecule has 2 saturated carbocycles. The van der Waals surface area contributed by atoms with Crippen LogP contribution in [0, 0.1) is 23.7 Å². The van der Waals surface area contributed by atoms with Crippen LogP contribution in [0.2, 0.25) is 0 Å². The van der Waals surface area contributed by atoms with E-state index in [1.165, 1.54) is 52.0 Å². The predicted molar refractivity (Wildman–Crippen MR) is 92.0 cm³/mol. The van der Waals surface area contributed by atoms with Gasteiger partial charge in [0, 0.05) is 23.7 Å². The molecule has 0 nitrogen and oxygen atoms in total. The van der Waals surface area contributed by atoms with Gasteiger partial charge in [-0.25, -0.2) is 26.3 Å². The van der Waals surface area contributed by atoms with Gasteiger partial charge in [-0.3, -0.25) is 0 Å². The van der Waals surface area contributed by atoms with E-state index in [9.17, 15) is 0 Å². The van der Waals surface area contributed by atoms with Crippen LogP contribution in [0.15, 0.2) is 46.6 Å². The smallest absolute Gasteiger partial charge is 0.227 e. The van der Waals surface area contributed by atoms with Crippen molar-refractivity contribution in [2.45, 2.75) is 61.7 Å². The van der Waals surface area contributed by atoms with Gasteiger partial charge in [0.05, 0.1) is 0 Å². The Morgan fingerprint density at radius 3 is 0.821 bits per heavy atom. The van der Waals surface area contributed by atoms with Crippen LogP contribution in [0.4, 0.5) is 26.3 Å². The van der Waals surface area contributed by atoms with Crippen LogP contribution in [0.1, 0.15) is 27.7 Å². The molecule has 8 unspecified atom stereocenters. The fourth-order valence-electron chi connectivity index (χ4n) is 7.90. The molecule has 6 heteroatoms. The summed E-state index contributed by atoms with van der Waals surface area (Å²) in [5, 5.41) is 0. The van der Waals surface area contributed by atoms with Gasteiger partial charge in [0.1, 0.15) is 0 Å². The first-order valence-electron chi connectivity index (χ1n) is 9.69. The molecule has 0 amide bonds. The largest absolute Gasteiger partial charge is 0.235 e. The van der Waals surface area contributed by atoms with E-state index in [0.717, 1.165) is 0 Å². The lowest BCUT2D eigenvalue weighted by Gasteiger charge is -2.87. The highest BCUT2D eigenvalue weighted by atomic mass is 19.2. The lowest BCUT2D eigenvalue weighted by atomic mass is 9.19. The summed E-state index contributed by atoms with van der Waals surface area (Å²) in [6, 6.07) is 0. The molecule has 0 aromatic rings. The molecule has 150 valence electrons. The second kappa shape index (κ2) is 3.93. The molecule has 0 spiro atoms. The third kappa shape index (κ3) is 0.952. The normalized spacial score (nSPS) is 65.1. The molecule has 0 aromatic carbocycles. The highest BCUT2D eigenvalue weighted by Crippen LogP contribution is 2.93. The number of alkyl halides is 6. The van der Waals surface area contributed by atoms with Gasteiger partial charge in [0.25, 0.3) is 0 Å². The molecular weight excluding hydrogens is 378 g/mol. The van der Waals surface area contributed by atoms with Crippen LogP contribution in [0.5, 0.6) is 0 Å². The topological polar surface area (TPSA) is 0 Å². The zero-order valence-electron chi connectivity index (χ0n) is 15.9. The molecular formula is C22H20F6. The van der Waals surface area contributed by atoms with Crippen molar-refractivity contribution >= 4 is 0 Å². The van der Waals surface area contributed by atoms with Gasteiger partial charge in [-0.1, -0.05) is 46.6 Å². The fraction of sp³-hybridized carbons (Fsp3) is 0.636.